The van der Waals surface area contributed by atoms with Gasteiger partial charge in [0.25, 0.3) is 11.8 Å². The lowest BCUT2D eigenvalue weighted by atomic mass is 9.99. The number of imide groups is 1. The summed E-state index contributed by atoms with van der Waals surface area (Å²) in [5, 5.41) is 7.66. The van der Waals surface area contributed by atoms with Gasteiger partial charge in [0, 0.05) is 10.6 Å². The van der Waals surface area contributed by atoms with Gasteiger partial charge in [0.2, 0.25) is 5.78 Å². The van der Waals surface area contributed by atoms with Crippen molar-refractivity contribution in [1.82, 2.24) is 9.91 Å². The van der Waals surface area contributed by atoms with Crippen LogP contribution in [0.2, 0.25) is 10.0 Å². The molecule has 6 rings (SSSR count). The lowest BCUT2D eigenvalue weighted by Gasteiger charge is -2.36. The Morgan fingerprint density at radius 2 is 1.46 bits per heavy atom. The highest BCUT2D eigenvalue weighted by molar-refractivity contribution is 8.27. The van der Waals surface area contributed by atoms with Gasteiger partial charge in [-0.15, -0.1) is 0 Å². The quantitative estimate of drug-likeness (QED) is 0.453. The van der Waals surface area contributed by atoms with Gasteiger partial charge in [0.15, 0.2) is 11.3 Å². The summed E-state index contributed by atoms with van der Waals surface area (Å²) in [6.45, 7) is 0. The molecule has 3 aliphatic heterocycles. The molecule has 10 heteroatoms. The Kier molecular flexibility index (Phi) is 5.25. The van der Waals surface area contributed by atoms with Crippen molar-refractivity contribution < 1.29 is 14.4 Å². The number of thioether (sulfide) groups is 1. The van der Waals surface area contributed by atoms with Crippen molar-refractivity contribution in [2.45, 2.75) is 12.2 Å². The van der Waals surface area contributed by atoms with Crippen LogP contribution in [0.4, 0.5) is 0 Å². The maximum absolute atomic E-state index is 13.8. The third kappa shape index (κ3) is 3.48. The van der Waals surface area contributed by atoms with Crippen LogP contribution in [0, 0.1) is 0 Å². The van der Waals surface area contributed by atoms with Gasteiger partial charge in [-0.3, -0.25) is 14.4 Å². The number of hydrogen-bond acceptors (Lipinski definition) is 7. The Labute approximate surface area is 214 Å². The molecule has 0 aromatic heterocycles. The van der Waals surface area contributed by atoms with Crippen LogP contribution in [0.15, 0.2) is 82.9 Å². The fourth-order valence-electron chi connectivity index (χ4n) is 4.29. The van der Waals surface area contributed by atoms with Gasteiger partial charge < -0.3 is 0 Å². The van der Waals surface area contributed by atoms with Crippen LogP contribution in [0.3, 0.4) is 0 Å². The number of ketones is 1. The van der Waals surface area contributed by atoms with Crippen LogP contribution in [0.25, 0.3) is 0 Å². The van der Waals surface area contributed by atoms with E-state index >= 15 is 0 Å². The van der Waals surface area contributed by atoms with Gasteiger partial charge in [0.1, 0.15) is 11.1 Å². The molecule has 172 valence electrons. The second-order valence-corrected chi connectivity index (χ2v) is 9.80. The minimum absolute atomic E-state index is 0.252. The van der Waals surface area contributed by atoms with Crippen molar-refractivity contribution in [2.24, 2.45) is 10.1 Å². The number of hydrogen-bond donors (Lipinski definition) is 0. The number of amidine groups is 1. The fourth-order valence-corrected chi connectivity index (χ4v) is 5.82. The third-order valence-electron chi connectivity index (χ3n) is 5.92. The highest BCUT2D eigenvalue weighted by Crippen LogP contribution is 2.40. The number of rotatable bonds is 3. The average molecular weight is 521 g/mol. The Morgan fingerprint density at radius 1 is 0.800 bits per heavy atom. The van der Waals surface area contributed by atoms with Gasteiger partial charge in [-0.05, 0) is 47.7 Å². The summed E-state index contributed by atoms with van der Waals surface area (Å²) in [4.78, 5) is 46.1. The molecular formula is C25H14Cl2N4O3S. The first kappa shape index (κ1) is 22.0. The van der Waals surface area contributed by atoms with Crippen LogP contribution in [0.5, 0.6) is 0 Å². The van der Waals surface area contributed by atoms with E-state index in [1.165, 1.54) is 16.8 Å². The predicted molar refractivity (Wildman–Crippen MR) is 135 cm³/mol. The number of carbonyl (C=O) groups is 3. The molecule has 3 aliphatic rings. The molecule has 3 heterocycles. The van der Waals surface area contributed by atoms with E-state index in [9.17, 15) is 14.4 Å². The topological polar surface area (TPSA) is 82.4 Å². The monoisotopic (exact) mass is 520 g/mol. The van der Waals surface area contributed by atoms with Crippen LogP contribution in [-0.2, 0) is 4.79 Å². The van der Waals surface area contributed by atoms with Gasteiger partial charge in [-0.25, -0.2) is 14.9 Å². The highest BCUT2D eigenvalue weighted by Gasteiger charge is 2.52. The van der Waals surface area contributed by atoms with Crippen molar-refractivity contribution in [3.05, 3.63) is 105 Å². The van der Waals surface area contributed by atoms with Crippen LogP contribution in [0.1, 0.15) is 37.9 Å². The van der Waals surface area contributed by atoms with Crippen molar-refractivity contribution in [3.63, 3.8) is 0 Å². The van der Waals surface area contributed by atoms with E-state index in [0.717, 1.165) is 4.90 Å². The first-order chi connectivity index (χ1) is 16.9. The molecule has 0 saturated carbocycles. The van der Waals surface area contributed by atoms with E-state index in [2.05, 4.69) is 10.1 Å². The van der Waals surface area contributed by atoms with Gasteiger partial charge in [0.05, 0.1) is 16.1 Å². The van der Waals surface area contributed by atoms with Crippen molar-refractivity contribution >= 4 is 62.8 Å². The summed E-state index contributed by atoms with van der Waals surface area (Å²) in [5.74, 6) is -1.52. The predicted octanol–water partition coefficient (Wildman–Crippen LogP) is 5.01. The average Bonchev–Trinajstić information content (AvgIpc) is 3.39. The summed E-state index contributed by atoms with van der Waals surface area (Å²) in [7, 11) is 0. The number of benzene rings is 3. The Bertz CT molecular complexity index is 1460. The lowest BCUT2D eigenvalue weighted by Crippen LogP contribution is -2.57. The zero-order chi connectivity index (χ0) is 24.3. The minimum Gasteiger partial charge on any atom is -0.292 e. The maximum Gasteiger partial charge on any atom is 0.263 e. The van der Waals surface area contributed by atoms with Crippen LogP contribution >= 0.6 is 35.0 Å². The number of carbonyl (C=O) groups excluding carboxylic acids is 3. The van der Waals surface area contributed by atoms with E-state index in [1.807, 2.05) is 18.2 Å². The number of hydrazone groups is 1. The molecule has 0 bridgehead atoms. The van der Waals surface area contributed by atoms with E-state index < -0.39 is 29.8 Å². The van der Waals surface area contributed by atoms with E-state index in [1.54, 1.807) is 54.6 Å². The van der Waals surface area contributed by atoms with Gasteiger partial charge in [-0.1, -0.05) is 65.7 Å². The molecule has 0 N–H and O–H groups in total. The molecule has 0 radical (unpaired) electrons. The van der Waals surface area contributed by atoms with Crippen molar-refractivity contribution in [3.8, 4) is 0 Å². The molecule has 7 nitrogen and oxygen atoms in total. The maximum atomic E-state index is 13.8. The summed E-state index contributed by atoms with van der Waals surface area (Å²) >= 11 is 13.7. The Hall–Kier alpha value is -3.46. The molecule has 35 heavy (non-hydrogen) atoms. The summed E-state index contributed by atoms with van der Waals surface area (Å²) < 4.78 is 0. The zero-order valence-corrected chi connectivity index (χ0v) is 20.1. The van der Waals surface area contributed by atoms with E-state index in [0.29, 0.717) is 31.4 Å². The zero-order valence-electron chi connectivity index (χ0n) is 17.8. The molecule has 0 fully saturated rings. The number of halogens is 2. The molecule has 3 aromatic rings. The van der Waals surface area contributed by atoms with Gasteiger partial charge >= 0.3 is 0 Å². The normalized spacial score (nSPS) is 21.1. The van der Waals surface area contributed by atoms with Crippen molar-refractivity contribution in [1.29, 1.82) is 0 Å². The lowest BCUT2D eigenvalue weighted by molar-refractivity contribution is -0.128. The summed E-state index contributed by atoms with van der Waals surface area (Å²) in [5.41, 5.74) is 1.76. The first-order valence-corrected chi connectivity index (χ1v) is 12.2. The fraction of sp³-hybridized carbons (Fsp3) is 0.0800. The molecule has 2 unspecified atom stereocenters. The number of Topliss-reactive ketones (excluding diaryl/α,β-unsaturated/α-hetero) is 1. The smallest absolute Gasteiger partial charge is 0.263 e. The second-order valence-electron chi connectivity index (χ2n) is 8.00. The van der Waals surface area contributed by atoms with Crippen molar-refractivity contribution in [2.75, 3.05) is 0 Å². The molecule has 2 amide bonds. The van der Waals surface area contributed by atoms with Crippen LogP contribution in [-0.4, -0.2) is 43.9 Å². The number of amides is 2. The summed E-state index contributed by atoms with van der Waals surface area (Å²) in [6.07, 6.45) is -1.30. The highest BCUT2D eigenvalue weighted by atomic mass is 35.5. The number of fused-ring (bicyclic) bond motifs is 2. The van der Waals surface area contributed by atoms with Crippen LogP contribution < -0.4 is 0 Å². The molecule has 0 aliphatic carbocycles. The largest absolute Gasteiger partial charge is 0.292 e. The molecule has 2 atom stereocenters. The van der Waals surface area contributed by atoms with E-state index in [4.69, 9.17) is 23.2 Å². The second kappa shape index (κ2) is 8.34. The molecular weight excluding hydrogens is 507 g/mol. The molecule has 0 spiro atoms. The van der Waals surface area contributed by atoms with Gasteiger partial charge in [-0.2, -0.15) is 5.10 Å². The van der Waals surface area contributed by atoms with E-state index in [-0.39, 0.29) is 11.1 Å². The first-order valence-electron chi connectivity index (χ1n) is 10.6. The Morgan fingerprint density at radius 3 is 2.11 bits per heavy atom. The third-order valence-corrected chi connectivity index (χ3v) is 7.44. The standard InChI is InChI=1S/C25H14Cl2N4O3S/c26-14-10-11-17(18(27)12-14)21-29-31-22(30-23(33)15-8-4-5-9-16(15)24(30)34)20(32)19(28-25(31)35-21)13-6-2-1-3-7-13/h1-12,19,22H. The molecule has 3 aromatic carbocycles. The SMILES string of the molecule is O=C1C(c2ccccc2)N=C2SC(c3ccc(Cl)cc3Cl)=NN2C1N1C(=O)c2ccccc2C1=O. The number of aliphatic imine (C=N–C) groups is 1. The Balaban J connectivity index is 1.48. The summed E-state index contributed by atoms with van der Waals surface area (Å²) in [6, 6.07) is 19.7. The number of nitrogens with zero attached hydrogens (tertiary/aromatic N) is 4. The minimum atomic E-state index is -1.30. The molecule has 0 saturated heterocycles.